The molecule has 0 saturated carbocycles. The van der Waals surface area contributed by atoms with E-state index in [2.05, 4.69) is 22.0 Å². The number of piperidine rings is 1. The first-order valence-electron chi connectivity index (χ1n) is 6.23. The van der Waals surface area contributed by atoms with Crippen molar-refractivity contribution in [2.75, 3.05) is 31.2 Å². The second-order valence-electron chi connectivity index (χ2n) is 4.79. The van der Waals surface area contributed by atoms with Gasteiger partial charge in [-0.05, 0) is 25.5 Å². The van der Waals surface area contributed by atoms with Crippen molar-refractivity contribution in [1.29, 1.82) is 0 Å². The average molecular weight is 234 g/mol. The van der Waals surface area contributed by atoms with Gasteiger partial charge < -0.3 is 14.4 Å². The van der Waals surface area contributed by atoms with Crippen molar-refractivity contribution in [3.63, 3.8) is 0 Å². The molecule has 1 spiro atoms. The number of nitrogens with zero attached hydrogens (tertiary/aromatic N) is 2. The second kappa shape index (κ2) is 4.27. The highest BCUT2D eigenvalue weighted by atomic mass is 16.7. The van der Waals surface area contributed by atoms with Crippen molar-refractivity contribution in [2.24, 2.45) is 0 Å². The lowest BCUT2D eigenvalue weighted by atomic mass is 10.0. The SMILES string of the molecule is Cc1cc(N2CCCC3(C2)OCCO3)ccn1. The third-order valence-electron chi connectivity index (χ3n) is 3.48. The van der Waals surface area contributed by atoms with E-state index in [1.165, 1.54) is 5.69 Å². The van der Waals surface area contributed by atoms with Crippen molar-refractivity contribution in [2.45, 2.75) is 25.6 Å². The number of aromatic nitrogens is 1. The van der Waals surface area contributed by atoms with Crippen molar-refractivity contribution < 1.29 is 9.47 Å². The molecule has 92 valence electrons. The Bertz CT molecular complexity index is 402. The number of anilines is 1. The highest BCUT2D eigenvalue weighted by Gasteiger charge is 2.40. The van der Waals surface area contributed by atoms with Gasteiger partial charge >= 0.3 is 0 Å². The summed E-state index contributed by atoms with van der Waals surface area (Å²) >= 11 is 0. The van der Waals surface area contributed by atoms with Crippen LogP contribution < -0.4 is 4.90 Å². The number of ether oxygens (including phenoxy) is 2. The van der Waals surface area contributed by atoms with Gasteiger partial charge in [0.05, 0.1) is 19.8 Å². The monoisotopic (exact) mass is 234 g/mol. The number of hydrogen-bond acceptors (Lipinski definition) is 4. The first-order chi connectivity index (χ1) is 8.27. The standard InChI is InChI=1S/C13H18N2O2/c1-11-9-12(3-5-14-11)15-6-2-4-13(10-15)16-7-8-17-13/h3,5,9H,2,4,6-8,10H2,1H3. The number of rotatable bonds is 1. The predicted molar refractivity (Wildman–Crippen MR) is 65.1 cm³/mol. The van der Waals surface area contributed by atoms with E-state index >= 15 is 0 Å². The quantitative estimate of drug-likeness (QED) is 0.741. The van der Waals surface area contributed by atoms with Crippen LogP contribution in [0, 0.1) is 6.92 Å². The molecule has 2 fully saturated rings. The van der Waals surface area contributed by atoms with Gasteiger partial charge in [0.25, 0.3) is 0 Å². The van der Waals surface area contributed by atoms with Gasteiger partial charge in [-0.1, -0.05) is 0 Å². The fraction of sp³-hybridized carbons (Fsp3) is 0.615. The lowest BCUT2D eigenvalue weighted by Gasteiger charge is -2.39. The Hall–Kier alpha value is -1.13. The minimum Gasteiger partial charge on any atom is -0.366 e. The van der Waals surface area contributed by atoms with Crippen LogP contribution in [0.3, 0.4) is 0 Å². The zero-order valence-electron chi connectivity index (χ0n) is 10.2. The van der Waals surface area contributed by atoms with E-state index in [0.29, 0.717) is 0 Å². The van der Waals surface area contributed by atoms with Crippen LogP contribution in [0.5, 0.6) is 0 Å². The molecule has 2 saturated heterocycles. The van der Waals surface area contributed by atoms with Gasteiger partial charge in [0.2, 0.25) is 0 Å². The van der Waals surface area contributed by atoms with E-state index in [-0.39, 0.29) is 5.79 Å². The Balaban J connectivity index is 1.79. The molecule has 0 unspecified atom stereocenters. The van der Waals surface area contributed by atoms with Crippen LogP contribution in [-0.2, 0) is 9.47 Å². The summed E-state index contributed by atoms with van der Waals surface area (Å²) in [6.45, 7) is 5.37. The van der Waals surface area contributed by atoms with Gasteiger partial charge in [0, 0.05) is 30.5 Å². The number of hydrogen-bond donors (Lipinski definition) is 0. The summed E-state index contributed by atoms with van der Waals surface area (Å²) in [5.74, 6) is -0.352. The lowest BCUT2D eigenvalue weighted by Crippen LogP contribution is -2.49. The average Bonchev–Trinajstić information content (AvgIpc) is 2.77. The van der Waals surface area contributed by atoms with Crippen LogP contribution in [-0.4, -0.2) is 37.1 Å². The van der Waals surface area contributed by atoms with Crippen LogP contribution in [0.15, 0.2) is 18.3 Å². The summed E-state index contributed by atoms with van der Waals surface area (Å²) in [5.41, 5.74) is 2.27. The summed E-state index contributed by atoms with van der Waals surface area (Å²) < 4.78 is 11.6. The van der Waals surface area contributed by atoms with Crippen LogP contribution >= 0.6 is 0 Å². The van der Waals surface area contributed by atoms with Crippen LogP contribution in [0.25, 0.3) is 0 Å². The Morgan fingerprint density at radius 3 is 2.94 bits per heavy atom. The van der Waals surface area contributed by atoms with E-state index in [0.717, 1.165) is 44.8 Å². The Labute approximate surface area is 102 Å². The molecule has 17 heavy (non-hydrogen) atoms. The zero-order chi connectivity index (χ0) is 11.7. The van der Waals surface area contributed by atoms with E-state index in [9.17, 15) is 0 Å². The molecule has 0 bridgehead atoms. The Kier molecular flexibility index (Phi) is 2.76. The zero-order valence-corrected chi connectivity index (χ0v) is 10.2. The molecule has 0 N–H and O–H groups in total. The molecule has 3 heterocycles. The van der Waals surface area contributed by atoms with Crippen LogP contribution in [0.1, 0.15) is 18.5 Å². The molecule has 4 heteroatoms. The molecule has 0 amide bonds. The Morgan fingerprint density at radius 1 is 1.35 bits per heavy atom. The smallest absolute Gasteiger partial charge is 0.186 e. The van der Waals surface area contributed by atoms with E-state index in [4.69, 9.17) is 9.47 Å². The van der Waals surface area contributed by atoms with Crippen LogP contribution in [0.2, 0.25) is 0 Å². The Morgan fingerprint density at radius 2 is 2.18 bits per heavy atom. The summed E-state index contributed by atoms with van der Waals surface area (Å²) in [4.78, 5) is 6.57. The summed E-state index contributed by atoms with van der Waals surface area (Å²) in [6, 6.07) is 4.18. The maximum Gasteiger partial charge on any atom is 0.186 e. The third-order valence-corrected chi connectivity index (χ3v) is 3.48. The van der Waals surface area contributed by atoms with E-state index < -0.39 is 0 Å². The van der Waals surface area contributed by atoms with Crippen molar-refractivity contribution >= 4 is 5.69 Å². The van der Waals surface area contributed by atoms with Gasteiger partial charge in [0.15, 0.2) is 5.79 Å². The maximum absolute atomic E-state index is 5.78. The van der Waals surface area contributed by atoms with Gasteiger partial charge in [-0.15, -0.1) is 0 Å². The summed E-state index contributed by atoms with van der Waals surface area (Å²) in [7, 11) is 0. The number of aryl methyl sites for hydroxylation is 1. The van der Waals surface area contributed by atoms with Gasteiger partial charge in [0.1, 0.15) is 0 Å². The molecule has 0 radical (unpaired) electrons. The van der Waals surface area contributed by atoms with E-state index in [1.807, 2.05) is 13.1 Å². The fourth-order valence-corrected chi connectivity index (χ4v) is 2.67. The largest absolute Gasteiger partial charge is 0.366 e. The van der Waals surface area contributed by atoms with Gasteiger partial charge in [-0.3, -0.25) is 4.98 Å². The first-order valence-corrected chi connectivity index (χ1v) is 6.23. The molecule has 0 aliphatic carbocycles. The lowest BCUT2D eigenvalue weighted by molar-refractivity contribution is -0.161. The van der Waals surface area contributed by atoms with Crippen molar-refractivity contribution in [3.8, 4) is 0 Å². The molecule has 2 aliphatic heterocycles. The molecule has 1 aromatic heterocycles. The molecule has 0 atom stereocenters. The topological polar surface area (TPSA) is 34.6 Å². The molecule has 4 nitrogen and oxygen atoms in total. The molecular weight excluding hydrogens is 216 g/mol. The fourth-order valence-electron chi connectivity index (χ4n) is 2.67. The van der Waals surface area contributed by atoms with Gasteiger partial charge in [-0.2, -0.15) is 0 Å². The molecule has 0 aromatic carbocycles. The van der Waals surface area contributed by atoms with Crippen LogP contribution in [0.4, 0.5) is 5.69 Å². The normalized spacial score (nSPS) is 23.2. The minimum absolute atomic E-state index is 0.352. The second-order valence-corrected chi connectivity index (χ2v) is 4.79. The highest BCUT2D eigenvalue weighted by Crippen LogP contribution is 2.32. The third kappa shape index (κ3) is 2.15. The molecule has 1 aromatic rings. The highest BCUT2D eigenvalue weighted by molar-refractivity contribution is 5.47. The molecule has 3 rings (SSSR count). The maximum atomic E-state index is 5.78. The van der Waals surface area contributed by atoms with Gasteiger partial charge in [-0.25, -0.2) is 0 Å². The first kappa shape index (κ1) is 11.0. The summed E-state index contributed by atoms with van der Waals surface area (Å²) in [6.07, 6.45) is 3.98. The molecule has 2 aliphatic rings. The molecular formula is C13H18N2O2. The van der Waals surface area contributed by atoms with Crippen molar-refractivity contribution in [1.82, 2.24) is 4.98 Å². The number of pyridine rings is 1. The van der Waals surface area contributed by atoms with Crippen molar-refractivity contribution in [3.05, 3.63) is 24.0 Å². The minimum atomic E-state index is -0.352. The predicted octanol–water partition coefficient (Wildman–Crippen LogP) is 1.73. The van der Waals surface area contributed by atoms with E-state index in [1.54, 1.807) is 0 Å². The summed E-state index contributed by atoms with van der Waals surface area (Å²) in [5, 5.41) is 0.